The monoisotopic (exact) mass is 250 g/mol. The van der Waals surface area contributed by atoms with Gasteiger partial charge in [0.15, 0.2) is 0 Å². The highest BCUT2D eigenvalue weighted by Gasteiger charge is 2.31. The van der Waals surface area contributed by atoms with Crippen LogP contribution in [-0.2, 0) is 0 Å². The molecule has 1 aromatic heterocycles. The van der Waals surface area contributed by atoms with Crippen molar-refractivity contribution in [2.75, 3.05) is 18.0 Å². The number of hydrogen-bond donors (Lipinski definition) is 1. The fourth-order valence-corrected chi connectivity index (χ4v) is 2.66. The number of nitro groups is 1. The minimum Gasteiger partial charge on any atom is -0.360 e. The molecule has 0 bridgehead atoms. The van der Waals surface area contributed by atoms with Crippen LogP contribution in [0.3, 0.4) is 0 Å². The third-order valence-electron chi connectivity index (χ3n) is 3.61. The molecule has 1 aromatic rings. The maximum Gasteiger partial charge on any atom is 0.387 e. The predicted octanol–water partition coefficient (Wildman–Crippen LogP) is 1.55. The van der Waals surface area contributed by atoms with Crippen LogP contribution in [-0.4, -0.2) is 29.0 Å². The van der Waals surface area contributed by atoms with E-state index >= 15 is 0 Å². The zero-order valence-electron chi connectivity index (χ0n) is 10.5. The van der Waals surface area contributed by atoms with Gasteiger partial charge in [-0.1, -0.05) is 6.92 Å². The SMILES string of the molecule is CC1CCCN(c2cccnc2[N+](=O)[O-])C1CN. The van der Waals surface area contributed by atoms with E-state index in [0.717, 1.165) is 19.4 Å². The number of hydrogen-bond acceptors (Lipinski definition) is 5. The number of piperidine rings is 1. The van der Waals surface area contributed by atoms with E-state index in [1.54, 1.807) is 12.1 Å². The highest BCUT2D eigenvalue weighted by atomic mass is 16.6. The van der Waals surface area contributed by atoms with E-state index in [4.69, 9.17) is 5.73 Å². The number of aromatic nitrogens is 1. The fraction of sp³-hybridized carbons (Fsp3) is 0.583. The molecule has 0 radical (unpaired) electrons. The van der Waals surface area contributed by atoms with Crippen LogP contribution >= 0.6 is 0 Å². The van der Waals surface area contributed by atoms with E-state index in [2.05, 4.69) is 11.9 Å². The number of nitrogens with two attached hydrogens (primary N) is 1. The highest BCUT2D eigenvalue weighted by molar-refractivity contribution is 5.60. The van der Waals surface area contributed by atoms with Crippen LogP contribution in [0.25, 0.3) is 0 Å². The molecule has 2 atom stereocenters. The molecule has 0 spiro atoms. The van der Waals surface area contributed by atoms with Gasteiger partial charge in [-0.25, -0.2) is 0 Å². The van der Waals surface area contributed by atoms with E-state index in [9.17, 15) is 10.1 Å². The van der Waals surface area contributed by atoms with E-state index < -0.39 is 4.92 Å². The Hall–Kier alpha value is -1.69. The lowest BCUT2D eigenvalue weighted by atomic mass is 9.90. The molecule has 1 fully saturated rings. The zero-order valence-corrected chi connectivity index (χ0v) is 10.5. The summed E-state index contributed by atoms with van der Waals surface area (Å²) in [6.45, 7) is 3.46. The van der Waals surface area contributed by atoms with Crippen LogP contribution in [0.2, 0.25) is 0 Å². The van der Waals surface area contributed by atoms with E-state index in [1.807, 2.05) is 4.90 Å². The molecule has 0 saturated carbocycles. The average Bonchev–Trinajstić information content (AvgIpc) is 2.38. The maximum atomic E-state index is 11.0. The van der Waals surface area contributed by atoms with Crippen molar-refractivity contribution in [1.82, 2.24) is 4.98 Å². The molecule has 2 N–H and O–H groups in total. The Labute approximate surface area is 106 Å². The molecule has 6 heteroatoms. The summed E-state index contributed by atoms with van der Waals surface area (Å²) < 4.78 is 0. The molecule has 1 saturated heterocycles. The first-order chi connectivity index (χ1) is 8.65. The summed E-state index contributed by atoms with van der Waals surface area (Å²) in [6, 6.07) is 3.64. The number of pyridine rings is 1. The van der Waals surface area contributed by atoms with Crippen molar-refractivity contribution in [1.29, 1.82) is 0 Å². The van der Waals surface area contributed by atoms with Crippen molar-refractivity contribution in [3.05, 3.63) is 28.4 Å². The van der Waals surface area contributed by atoms with Gasteiger partial charge in [0, 0.05) is 19.1 Å². The van der Waals surface area contributed by atoms with E-state index in [1.165, 1.54) is 6.20 Å². The lowest BCUT2D eigenvalue weighted by molar-refractivity contribution is -0.388. The van der Waals surface area contributed by atoms with Gasteiger partial charge in [-0.3, -0.25) is 0 Å². The van der Waals surface area contributed by atoms with Crippen LogP contribution in [0.15, 0.2) is 18.3 Å². The molecule has 0 aliphatic carbocycles. The van der Waals surface area contributed by atoms with Gasteiger partial charge in [0.2, 0.25) is 0 Å². The van der Waals surface area contributed by atoms with Gasteiger partial charge in [0.25, 0.3) is 0 Å². The van der Waals surface area contributed by atoms with Crippen molar-refractivity contribution in [3.8, 4) is 0 Å². The summed E-state index contributed by atoms with van der Waals surface area (Å²) in [5, 5.41) is 11.0. The molecule has 2 heterocycles. The number of nitrogens with zero attached hydrogens (tertiary/aromatic N) is 3. The summed E-state index contributed by atoms with van der Waals surface area (Å²) >= 11 is 0. The van der Waals surface area contributed by atoms with Crippen LogP contribution < -0.4 is 10.6 Å². The number of rotatable bonds is 3. The molecular weight excluding hydrogens is 232 g/mol. The van der Waals surface area contributed by atoms with E-state index in [-0.39, 0.29) is 11.9 Å². The van der Waals surface area contributed by atoms with E-state index in [0.29, 0.717) is 18.2 Å². The molecule has 1 aliphatic heterocycles. The van der Waals surface area contributed by atoms with Gasteiger partial charge in [-0.05, 0) is 40.8 Å². The molecule has 2 unspecified atom stereocenters. The molecule has 0 amide bonds. The first-order valence-corrected chi connectivity index (χ1v) is 6.21. The standard InChI is InChI=1S/C12H18N4O2/c1-9-4-3-7-15(11(9)8-13)10-5-2-6-14-12(10)16(17)18/h2,5-6,9,11H,3-4,7-8,13H2,1H3. The van der Waals surface area contributed by atoms with Gasteiger partial charge >= 0.3 is 5.82 Å². The zero-order chi connectivity index (χ0) is 13.1. The Morgan fingerprint density at radius 2 is 2.44 bits per heavy atom. The predicted molar refractivity (Wildman–Crippen MR) is 69.5 cm³/mol. The summed E-state index contributed by atoms with van der Waals surface area (Å²) in [6.07, 6.45) is 3.60. The third-order valence-corrected chi connectivity index (χ3v) is 3.61. The second kappa shape index (κ2) is 5.30. The largest absolute Gasteiger partial charge is 0.387 e. The first kappa shape index (κ1) is 12.8. The maximum absolute atomic E-state index is 11.0. The smallest absolute Gasteiger partial charge is 0.360 e. The minimum atomic E-state index is -0.428. The van der Waals surface area contributed by atoms with Crippen molar-refractivity contribution in [2.24, 2.45) is 11.7 Å². The van der Waals surface area contributed by atoms with Crippen molar-refractivity contribution in [3.63, 3.8) is 0 Å². The summed E-state index contributed by atoms with van der Waals surface area (Å²) in [5.41, 5.74) is 6.40. The van der Waals surface area contributed by atoms with Crippen LogP contribution in [0, 0.1) is 16.0 Å². The molecular formula is C12H18N4O2. The Bertz CT molecular complexity index is 438. The van der Waals surface area contributed by atoms with Gasteiger partial charge in [0.1, 0.15) is 11.9 Å². The quantitative estimate of drug-likeness (QED) is 0.650. The number of anilines is 1. The average molecular weight is 250 g/mol. The van der Waals surface area contributed by atoms with Gasteiger partial charge < -0.3 is 20.7 Å². The topological polar surface area (TPSA) is 85.3 Å². The van der Waals surface area contributed by atoms with Crippen LogP contribution in [0.4, 0.5) is 11.5 Å². The lowest BCUT2D eigenvalue weighted by Gasteiger charge is -2.40. The Morgan fingerprint density at radius 1 is 1.67 bits per heavy atom. The van der Waals surface area contributed by atoms with Crippen molar-refractivity contribution in [2.45, 2.75) is 25.8 Å². The molecule has 6 nitrogen and oxygen atoms in total. The second-order valence-electron chi connectivity index (χ2n) is 4.72. The van der Waals surface area contributed by atoms with Gasteiger partial charge in [0.05, 0.1) is 0 Å². The van der Waals surface area contributed by atoms with Crippen LogP contribution in [0.5, 0.6) is 0 Å². The van der Waals surface area contributed by atoms with Crippen molar-refractivity contribution < 1.29 is 4.92 Å². The Balaban J connectivity index is 2.37. The van der Waals surface area contributed by atoms with Gasteiger partial charge in [-0.2, -0.15) is 0 Å². The van der Waals surface area contributed by atoms with Crippen molar-refractivity contribution >= 4 is 11.5 Å². The summed E-state index contributed by atoms with van der Waals surface area (Å²) in [5.74, 6) is 0.369. The molecule has 18 heavy (non-hydrogen) atoms. The minimum absolute atomic E-state index is 0.0787. The molecule has 2 rings (SSSR count). The summed E-state index contributed by atoms with van der Waals surface area (Å²) in [4.78, 5) is 16.5. The second-order valence-corrected chi connectivity index (χ2v) is 4.72. The summed E-state index contributed by atoms with van der Waals surface area (Å²) in [7, 11) is 0. The first-order valence-electron chi connectivity index (χ1n) is 6.21. The molecule has 98 valence electrons. The van der Waals surface area contributed by atoms with Gasteiger partial charge in [-0.15, -0.1) is 0 Å². The third kappa shape index (κ3) is 2.28. The normalized spacial score (nSPS) is 24.0. The molecule has 1 aliphatic rings. The Morgan fingerprint density at radius 3 is 3.11 bits per heavy atom. The lowest BCUT2D eigenvalue weighted by Crippen LogP contribution is -2.49. The highest BCUT2D eigenvalue weighted by Crippen LogP contribution is 2.32. The van der Waals surface area contributed by atoms with Crippen LogP contribution in [0.1, 0.15) is 19.8 Å². The molecule has 0 aromatic carbocycles. The Kier molecular flexibility index (Phi) is 3.76. The fourth-order valence-electron chi connectivity index (χ4n) is 2.66.